The van der Waals surface area contributed by atoms with E-state index in [4.69, 9.17) is 23.2 Å². The van der Waals surface area contributed by atoms with Crippen LogP contribution in [0.2, 0.25) is 10.0 Å². The Morgan fingerprint density at radius 3 is 2.56 bits per heavy atom. The van der Waals surface area contributed by atoms with Crippen molar-refractivity contribution in [3.05, 3.63) is 33.8 Å². The molecule has 1 saturated heterocycles. The van der Waals surface area contributed by atoms with Crippen molar-refractivity contribution in [3.63, 3.8) is 0 Å². The molecule has 0 aliphatic carbocycles. The number of carbonyl (C=O) groups excluding carboxylic acids is 2. The number of hydrogen-bond donors (Lipinski definition) is 2. The molecule has 1 fully saturated rings. The highest BCUT2D eigenvalue weighted by atomic mass is 35.5. The Morgan fingerprint density at radius 1 is 1.19 bits per heavy atom. The number of ketones is 1. The average Bonchev–Trinajstić information content (AvgIpc) is 2.22. The van der Waals surface area contributed by atoms with Crippen LogP contribution in [0.4, 0.5) is 0 Å². The van der Waals surface area contributed by atoms with Crippen LogP contribution < -0.4 is 10.9 Å². The zero-order chi connectivity index (χ0) is 11.7. The fourth-order valence-corrected chi connectivity index (χ4v) is 1.81. The monoisotopic (exact) mass is 258 g/mol. The number of nitrogens with one attached hydrogen (secondary N) is 2. The maximum absolute atomic E-state index is 11.6. The van der Waals surface area contributed by atoms with Gasteiger partial charge in [-0.2, -0.15) is 0 Å². The Bertz CT molecular complexity index is 462. The third kappa shape index (κ3) is 2.19. The summed E-state index contributed by atoms with van der Waals surface area (Å²) < 4.78 is 0. The van der Waals surface area contributed by atoms with Crippen LogP contribution in [0.5, 0.6) is 0 Å². The Labute approximate surface area is 102 Å². The van der Waals surface area contributed by atoms with E-state index in [1.165, 1.54) is 0 Å². The second-order valence-electron chi connectivity index (χ2n) is 3.44. The topological polar surface area (TPSA) is 58.2 Å². The van der Waals surface area contributed by atoms with Gasteiger partial charge in [0.05, 0.1) is 16.5 Å². The molecule has 16 heavy (non-hydrogen) atoms. The summed E-state index contributed by atoms with van der Waals surface area (Å²) in [5.41, 5.74) is 5.72. The van der Waals surface area contributed by atoms with Crippen LogP contribution in [0.1, 0.15) is 18.0 Å². The van der Waals surface area contributed by atoms with Gasteiger partial charge in [-0.25, -0.2) is 5.43 Å². The average molecular weight is 259 g/mol. The van der Waals surface area contributed by atoms with E-state index in [9.17, 15) is 9.59 Å². The van der Waals surface area contributed by atoms with E-state index >= 15 is 0 Å². The second-order valence-corrected chi connectivity index (χ2v) is 4.26. The first kappa shape index (κ1) is 11.4. The Morgan fingerprint density at radius 2 is 1.94 bits per heavy atom. The van der Waals surface area contributed by atoms with E-state index in [0.717, 1.165) is 0 Å². The third-order valence-electron chi connectivity index (χ3n) is 2.29. The van der Waals surface area contributed by atoms with Crippen molar-refractivity contribution in [2.24, 2.45) is 0 Å². The highest BCUT2D eigenvalue weighted by molar-refractivity contribution is 6.42. The van der Waals surface area contributed by atoms with Gasteiger partial charge in [-0.15, -0.1) is 0 Å². The molecule has 1 aliphatic heterocycles. The quantitative estimate of drug-likeness (QED) is 0.753. The van der Waals surface area contributed by atoms with Crippen molar-refractivity contribution < 1.29 is 9.59 Å². The molecule has 2 rings (SSSR count). The summed E-state index contributed by atoms with van der Waals surface area (Å²) in [5.74, 6) is -0.525. The van der Waals surface area contributed by atoms with Crippen LogP contribution in [0, 0.1) is 0 Å². The van der Waals surface area contributed by atoms with Gasteiger partial charge >= 0.3 is 0 Å². The zero-order valence-corrected chi connectivity index (χ0v) is 9.60. The normalized spacial score (nSPS) is 20.8. The highest BCUT2D eigenvalue weighted by Gasteiger charge is 2.27. The van der Waals surface area contributed by atoms with Gasteiger partial charge in [0.15, 0.2) is 5.78 Å². The van der Waals surface area contributed by atoms with Crippen LogP contribution in [0.15, 0.2) is 18.2 Å². The van der Waals surface area contributed by atoms with Crippen LogP contribution in [0.25, 0.3) is 0 Å². The van der Waals surface area contributed by atoms with Crippen molar-refractivity contribution in [1.29, 1.82) is 0 Å². The fourth-order valence-electron chi connectivity index (χ4n) is 1.50. The lowest BCUT2D eigenvalue weighted by Gasteiger charge is -2.23. The summed E-state index contributed by atoms with van der Waals surface area (Å²) in [7, 11) is 0. The minimum atomic E-state index is -0.563. The Kier molecular flexibility index (Phi) is 3.14. The minimum absolute atomic E-state index is 0.127. The number of hydrazine groups is 1. The number of amides is 1. The van der Waals surface area contributed by atoms with Crippen molar-refractivity contribution >= 4 is 34.9 Å². The molecule has 1 aromatic carbocycles. The maximum atomic E-state index is 11.6. The van der Waals surface area contributed by atoms with Gasteiger partial charge in [-0.3, -0.25) is 15.0 Å². The summed E-state index contributed by atoms with van der Waals surface area (Å²) in [4.78, 5) is 22.5. The molecule has 1 atom stereocenters. The number of carbonyl (C=O) groups is 2. The van der Waals surface area contributed by atoms with E-state index in [1.807, 2.05) is 0 Å². The standard InChI is InChI=1S/C10H8Cl2N2O2/c11-6-2-1-5(3-7(6)12)10-8(15)4-9(16)13-14-10/h1-3,10,14H,4H2,(H,13,16). The van der Waals surface area contributed by atoms with Gasteiger partial charge in [0.25, 0.3) is 0 Å². The first-order chi connectivity index (χ1) is 7.58. The number of halogens is 2. The molecule has 0 spiro atoms. The molecule has 1 heterocycles. The first-order valence-corrected chi connectivity index (χ1v) is 5.35. The van der Waals surface area contributed by atoms with Gasteiger partial charge in [0.2, 0.25) is 5.91 Å². The molecular formula is C10H8Cl2N2O2. The molecule has 84 valence electrons. The second kappa shape index (κ2) is 4.41. The maximum Gasteiger partial charge on any atom is 0.241 e. The molecule has 4 nitrogen and oxygen atoms in total. The van der Waals surface area contributed by atoms with Gasteiger partial charge in [0.1, 0.15) is 6.04 Å². The zero-order valence-electron chi connectivity index (χ0n) is 8.09. The molecule has 1 amide bonds. The van der Waals surface area contributed by atoms with E-state index in [1.54, 1.807) is 18.2 Å². The lowest BCUT2D eigenvalue weighted by atomic mass is 10.00. The summed E-state index contributed by atoms with van der Waals surface area (Å²) >= 11 is 11.6. The number of hydrogen-bond acceptors (Lipinski definition) is 3. The van der Waals surface area contributed by atoms with Crippen LogP contribution in [-0.4, -0.2) is 11.7 Å². The van der Waals surface area contributed by atoms with E-state index in [2.05, 4.69) is 10.9 Å². The van der Waals surface area contributed by atoms with Crippen molar-refractivity contribution in [1.82, 2.24) is 10.9 Å². The molecule has 1 aromatic rings. The van der Waals surface area contributed by atoms with Gasteiger partial charge in [0, 0.05) is 0 Å². The Balaban J connectivity index is 2.27. The van der Waals surface area contributed by atoms with Crippen LogP contribution in [0.3, 0.4) is 0 Å². The van der Waals surface area contributed by atoms with Crippen molar-refractivity contribution in [2.45, 2.75) is 12.5 Å². The number of Topliss-reactive ketones (excluding diaryl/α,β-unsaturated/α-hetero) is 1. The molecule has 0 bridgehead atoms. The fraction of sp³-hybridized carbons (Fsp3) is 0.200. The summed E-state index contributed by atoms with van der Waals surface area (Å²) in [5, 5.41) is 0.809. The molecule has 0 radical (unpaired) electrons. The third-order valence-corrected chi connectivity index (χ3v) is 3.03. The first-order valence-electron chi connectivity index (χ1n) is 4.60. The molecule has 0 saturated carbocycles. The Hall–Kier alpha value is -1.10. The number of rotatable bonds is 1. The molecular weight excluding hydrogens is 251 g/mol. The van der Waals surface area contributed by atoms with E-state index < -0.39 is 6.04 Å². The summed E-state index contributed by atoms with van der Waals surface area (Å²) in [6.07, 6.45) is -0.127. The van der Waals surface area contributed by atoms with E-state index in [0.29, 0.717) is 15.6 Å². The smallest absolute Gasteiger partial charge is 0.241 e. The summed E-state index contributed by atoms with van der Waals surface area (Å²) in [6.45, 7) is 0. The highest BCUT2D eigenvalue weighted by Crippen LogP contribution is 2.26. The number of benzene rings is 1. The van der Waals surface area contributed by atoms with Crippen LogP contribution in [-0.2, 0) is 9.59 Å². The van der Waals surface area contributed by atoms with E-state index in [-0.39, 0.29) is 18.1 Å². The molecule has 1 aliphatic rings. The predicted octanol–water partition coefficient (Wildman–Crippen LogP) is 1.63. The van der Waals surface area contributed by atoms with Crippen molar-refractivity contribution in [3.8, 4) is 0 Å². The molecule has 1 unspecified atom stereocenters. The summed E-state index contributed by atoms with van der Waals surface area (Å²) in [6, 6.07) is 4.36. The molecule has 2 N–H and O–H groups in total. The van der Waals surface area contributed by atoms with Gasteiger partial charge in [-0.05, 0) is 17.7 Å². The lowest BCUT2D eigenvalue weighted by molar-refractivity contribution is -0.134. The lowest BCUT2D eigenvalue weighted by Crippen LogP contribution is -2.49. The van der Waals surface area contributed by atoms with Gasteiger partial charge in [-0.1, -0.05) is 29.3 Å². The molecule has 0 aromatic heterocycles. The molecule has 6 heteroatoms. The minimum Gasteiger partial charge on any atom is -0.297 e. The van der Waals surface area contributed by atoms with Crippen LogP contribution >= 0.6 is 23.2 Å². The predicted molar refractivity (Wildman–Crippen MR) is 60.1 cm³/mol. The SMILES string of the molecule is O=C1CC(=O)C(c2ccc(Cl)c(Cl)c2)NN1. The van der Waals surface area contributed by atoms with Gasteiger partial charge < -0.3 is 0 Å². The van der Waals surface area contributed by atoms with Crippen molar-refractivity contribution in [2.75, 3.05) is 0 Å². The largest absolute Gasteiger partial charge is 0.297 e.